The molecular weight excluding hydrogens is 356 g/mol. The van der Waals surface area contributed by atoms with Gasteiger partial charge in [-0.05, 0) is 31.0 Å². The van der Waals surface area contributed by atoms with Crippen LogP contribution in [0.2, 0.25) is 0 Å². The lowest BCUT2D eigenvalue weighted by molar-refractivity contribution is 0.143. The largest absolute Gasteiger partial charge is 0.496 e. The van der Waals surface area contributed by atoms with Crippen molar-refractivity contribution in [2.75, 3.05) is 34.0 Å². The highest BCUT2D eigenvalue weighted by atomic mass is 16.5. The van der Waals surface area contributed by atoms with Gasteiger partial charge in [0.05, 0.1) is 20.3 Å². The molecule has 7 nitrogen and oxygen atoms in total. The molecule has 0 saturated carbocycles. The third kappa shape index (κ3) is 7.08. The van der Waals surface area contributed by atoms with Gasteiger partial charge in [-0.2, -0.15) is 0 Å². The Morgan fingerprint density at radius 1 is 1.11 bits per heavy atom. The van der Waals surface area contributed by atoms with Crippen LogP contribution >= 0.6 is 0 Å². The highest BCUT2D eigenvalue weighted by molar-refractivity contribution is 5.79. The van der Waals surface area contributed by atoms with Crippen LogP contribution in [0.5, 0.6) is 11.6 Å². The second kappa shape index (κ2) is 11.8. The predicted octanol–water partition coefficient (Wildman–Crippen LogP) is 2.68. The summed E-state index contributed by atoms with van der Waals surface area (Å²) in [6.45, 7) is 7.03. The van der Waals surface area contributed by atoms with E-state index in [4.69, 9.17) is 14.2 Å². The van der Waals surface area contributed by atoms with E-state index in [9.17, 15) is 0 Å². The molecule has 7 heteroatoms. The van der Waals surface area contributed by atoms with E-state index in [1.54, 1.807) is 20.4 Å². The fraction of sp³-hybridized carbons (Fsp3) is 0.429. The highest BCUT2D eigenvalue weighted by Gasteiger charge is 2.05. The van der Waals surface area contributed by atoms with E-state index in [2.05, 4.69) is 32.7 Å². The van der Waals surface area contributed by atoms with Gasteiger partial charge in [0.2, 0.25) is 5.88 Å². The lowest BCUT2D eigenvalue weighted by Gasteiger charge is -2.14. The van der Waals surface area contributed by atoms with Crippen molar-refractivity contribution in [3.63, 3.8) is 0 Å². The van der Waals surface area contributed by atoms with Gasteiger partial charge in [0, 0.05) is 38.0 Å². The molecule has 0 spiro atoms. The lowest BCUT2D eigenvalue weighted by atomic mass is 10.1. The molecule has 0 aliphatic carbocycles. The Kier molecular flexibility index (Phi) is 9.07. The van der Waals surface area contributed by atoms with Crippen LogP contribution in [0.25, 0.3) is 0 Å². The van der Waals surface area contributed by atoms with Crippen molar-refractivity contribution in [3.8, 4) is 11.6 Å². The van der Waals surface area contributed by atoms with Crippen molar-refractivity contribution in [3.05, 3.63) is 53.2 Å². The molecule has 2 rings (SSSR count). The summed E-state index contributed by atoms with van der Waals surface area (Å²) in [6, 6.07) is 9.98. The van der Waals surface area contributed by atoms with Gasteiger partial charge in [0.25, 0.3) is 0 Å². The number of rotatable bonds is 10. The van der Waals surface area contributed by atoms with Gasteiger partial charge in [0.15, 0.2) is 5.96 Å². The van der Waals surface area contributed by atoms with Gasteiger partial charge in [0.1, 0.15) is 12.4 Å². The average Bonchev–Trinajstić information content (AvgIpc) is 2.71. The molecule has 0 aliphatic heterocycles. The Balaban J connectivity index is 1.94. The minimum absolute atomic E-state index is 0.484. The van der Waals surface area contributed by atoms with Crippen LogP contribution < -0.4 is 20.1 Å². The molecule has 0 atom stereocenters. The van der Waals surface area contributed by atoms with Gasteiger partial charge in [-0.1, -0.05) is 18.2 Å². The zero-order valence-corrected chi connectivity index (χ0v) is 17.1. The highest BCUT2D eigenvalue weighted by Crippen LogP contribution is 2.19. The third-order valence-electron chi connectivity index (χ3n) is 3.99. The SMILES string of the molecule is CCNC(=NCc1ccc(OCCOC)nc1)NCc1ccc(C)cc1OC. The summed E-state index contributed by atoms with van der Waals surface area (Å²) < 4.78 is 15.9. The average molecular weight is 386 g/mol. The summed E-state index contributed by atoms with van der Waals surface area (Å²) in [5.41, 5.74) is 3.26. The number of hydrogen-bond acceptors (Lipinski definition) is 5. The maximum Gasteiger partial charge on any atom is 0.213 e. The second-order valence-corrected chi connectivity index (χ2v) is 6.21. The first kappa shape index (κ1) is 21.5. The van der Waals surface area contributed by atoms with Crippen LogP contribution in [-0.2, 0) is 17.8 Å². The van der Waals surface area contributed by atoms with Crippen LogP contribution in [0.15, 0.2) is 41.5 Å². The standard InChI is InChI=1S/C21H30N4O3/c1-5-22-21(25-15-18-8-6-16(2)12-19(18)27-4)24-14-17-7-9-20(23-13-17)28-11-10-26-3/h6-9,12-13H,5,10-11,14-15H2,1-4H3,(H2,22,24,25). The fourth-order valence-corrected chi connectivity index (χ4v) is 2.51. The molecule has 2 N–H and O–H groups in total. The van der Waals surface area contributed by atoms with Gasteiger partial charge in [-0.25, -0.2) is 9.98 Å². The van der Waals surface area contributed by atoms with Crippen LogP contribution in [0.1, 0.15) is 23.6 Å². The molecular formula is C21H30N4O3. The zero-order valence-electron chi connectivity index (χ0n) is 17.1. The number of methoxy groups -OCH3 is 2. The fourth-order valence-electron chi connectivity index (χ4n) is 2.51. The molecule has 0 amide bonds. The van der Waals surface area contributed by atoms with Crippen molar-refractivity contribution in [1.29, 1.82) is 0 Å². The number of guanidine groups is 1. The first-order valence-corrected chi connectivity index (χ1v) is 9.38. The monoisotopic (exact) mass is 386 g/mol. The van der Waals surface area contributed by atoms with Gasteiger partial charge >= 0.3 is 0 Å². The zero-order chi connectivity index (χ0) is 20.2. The van der Waals surface area contributed by atoms with Crippen molar-refractivity contribution < 1.29 is 14.2 Å². The summed E-state index contributed by atoms with van der Waals surface area (Å²) in [6.07, 6.45) is 1.78. The van der Waals surface area contributed by atoms with E-state index in [1.807, 2.05) is 32.0 Å². The Morgan fingerprint density at radius 2 is 1.96 bits per heavy atom. The van der Waals surface area contributed by atoms with Crippen molar-refractivity contribution in [2.24, 2.45) is 4.99 Å². The summed E-state index contributed by atoms with van der Waals surface area (Å²) in [4.78, 5) is 8.92. The number of ether oxygens (including phenoxy) is 3. The number of hydrogen-bond donors (Lipinski definition) is 2. The molecule has 0 saturated heterocycles. The first-order valence-electron chi connectivity index (χ1n) is 9.38. The molecule has 1 aromatic heterocycles. The summed E-state index contributed by atoms with van der Waals surface area (Å²) >= 11 is 0. The number of aryl methyl sites for hydroxylation is 1. The summed E-state index contributed by atoms with van der Waals surface area (Å²) in [5.74, 6) is 2.20. The topological polar surface area (TPSA) is 77.0 Å². The molecule has 2 aromatic rings. The number of nitrogens with one attached hydrogen (secondary N) is 2. The van der Waals surface area contributed by atoms with E-state index in [1.165, 1.54) is 5.56 Å². The number of aliphatic imine (C=N–C) groups is 1. The van der Waals surface area contributed by atoms with Crippen molar-refractivity contribution in [1.82, 2.24) is 15.6 Å². The number of pyridine rings is 1. The lowest BCUT2D eigenvalue weighted by Crippen LogP contribution is -2.36. The third-order valence-corrected chi connectivity index (χ3v) is 3.99. The minimum Gasteiger partial charge on any atom is -0.496 e. The summed E-state index contributed by atoms with van der Waals surface area (Å²) in [5, 5.41) is 6.60. The van der Waals surface area contributed by atoms with E-state index in [0.717, 1.165) is 29.4 Å². The van der Waals surface area contributed by atoms with E-state index < -0.39 is 0 Å². The molecule has 1 aromatic carbocycles. The van der Waals surface area contributed by atoms with Crippen LogP contribution in [-0.4, -0.2) is 44.9 Å². The Labute approximate surface area is 167 Å². The van der Waals surface area contributed by atoms with Crippen molar-refractivity contribution in [2.45, 2.75) is 26.9 Å². The van der Waals surface area contributed by atoms with Crippen LogP contribution in [0, 0.1) is 6.92 Å². The first-order chi connectivity index (χ1) is 13.7. The maximum absolute atomic E-state index is 5.47. The molecule has 1 heterocycles. The molecule has 152 valence electrons. The maximum atomic E-state index is 5.47. The molecule has 28 heavy (non-hydrogen) atoms. The Morgan fingerprint density at radius 3 is 2.64 bits per heavy atom. The van der Waals surface area contributed by atoms with Gasteiger partial charge in [-0.3, -0.25) is 0 Å². The van der Waals surface area contributed by atoms with E-state index in [0.29, 0.717) is 32.2 Å². The molecule has 0 bridgehead atoms. The van der Waals surface area contributed by atoms with E-state index in [-0.39, 0.29) is 0 Å². The Bertz CT molecular complexity index is 748. The Hall–Kier alpha value is -2.80. The normalized spacial score (nSPS) is 11.2. The number of nitrogens with zero attached hydrogens (tertiary/aromatic N) is 2. The minimum atomic E-state index is 0.484. The quantitative estimate of drug-likeness (QED) is 0.371. The second-order valence-electron chi connectivity index (χ2n) is 6.21. The van der Waals surface area contributed by atoms with Crippen LogP contribution in [0.4, 0.5) is 0 Å². The van der Waals surface area contributed by atoms with Gasteiger partial charge < -0.3 is 24.8 Å². The van der Waals surface area contributed by atoms with Gasteiger partial charge in [-0.15, -0.1) is 0 Å². The molecule has 0 aliphatic rings. The number of aromatic nitrogens is 1. The predicted molar refractivity (Wildman–Crippen MR) is 111 cm³/mol. The van der Waals surface area contributed by atoms with Crippen molar-refractivity contribution >= 4 is 5.96 Å². The van der Waals surface area contributed by atoms with E-state index >= 15 is 0 Å². The summed E-state index contributed by atoms with van der Waals surface area (Å²) in [7, 11) is 3.33. The number of benzene rings is 1. The molecule has 0 radical (unpaired) electrons. The van der Waals surface area contributed by atoms with Crippen LogP contribution in [0.3, 0.4) is 0 Å². The molecule has 0 unspecified atom stereocenters. The molecule has 0 fully saturated rings. The smallest absolute Gasteiger partial charge is 0.213 e.